The van der Waals surface area contributed by atoms with E-state index >= 15 is 0 Å². The Morgan fingerprint density at radius 1 is 1.27 bits per heavy atom. The first kappa shape index (κ1) is 10.1. The minimum absolute atomic E-state index is 0.176. The molecule has 1 aromatic rings. The fraction of sp³-hybridized carbons (Fsp3) is 0.455. The number of rotatable bonds is 2. The van der Waals surface area contributed by atoms with Crippen LogP contribution in [0.1, 0.15) is 5.56 Å². The van der Waals surface area contributed by atoms with Crippen LogP contribution in [0.3, 0.4) is 0 Å². The first-order valence-corrected chi connectivity index (χ1v) is 4.99. The third kappa shape index (κ3) is 1.85. The lowest BCUT2D eigenvalue weighted by molar-refractivity contribution is 0.354. The molecule has 2 rings (SSSR count). The predicted octanol–water partition coefficient (Wildman–Crippen LogP) is 0.999. The van der Waals surface area contributed by atoms with Gasteiger partial charge in [-0.25, -0.2) is 0 Å². The molecule has 0 saturated carbocycles. The molecule has 0 unspecified atom stereocenters. The first-order chi connectivity index (χ1) is 7.24. The van der Waals surface area contributed by atoms with Gasteiger partial charge in [0.1, 0.15) is 0 Å². The Kier molecular flexibility index (Phi) is 2.68. The lowest BCUT2D eigenvalue weighted by Gasteiger charge is -2.24. The second kappa shape index (κ2) is 3.98. The van der Waals surface area contributed by atoms with Gasteiger partial charge in [0.05, 0.1) is 14.2 Å². The van der Waals surface area contributed by atoms with Crippen molar-refractivity contribution in [1.29, 1.82) is 0 Å². The number of hydrogen-bond acceptors (Lipinski definition) is 4. The highest BCUT2D eigenvalue weighted by Crippen LogP contribution is 2.35. The Morgan fingerprint density at radius 3 is 2.60 bits per heavy atom. The van der Waals surface area contributed by atoms with Crippen molar-refractivity contribution in [1.82, 2.24) is 0 Å². The lowest BCUT2D eigenvalue weighted by Crippen LogP contribution is -2.35. The molecular formula is C11H16N2O2. The molecule has 1 heterocycles. The maximum Gasteiger partial charge on any atom is 0.162 e. The van der Waals surface area contributed by atoms with Crippen LogP contribution in [-0.2, 0) is 6.42 Å². The Balaban J connectivity index is 2.41. The number of anilines is 1. The van der Waals surface area contributed by atoms with Gasteiger partial charge in [0.25, 0.3) is 0 Å². The van der Waals surface area contributed by atoms with Gasteiger partial charge >= 0.3 is 0 Å². The van der Waals surface area contributed by atoms with E-state index in [4.69, 9.17) is 15.2 Å². The average Bonchev–Trinajstić information content (AvgIpc) is 2.27. The quantitative estimate of drug-likeness (QED) is 0.761. The molecule has 1 aromatic carbocycles. The summed E-state index contributed by atoms with van der Waals surface area (Å²) in [6, 6.07) is 4.12. The minimum Gasteiger partial charge on any atom is -0.493 e. The Bertz CT molecular complexity index is 366. The molecular weight excluding hydrogens is 192 g/mol. The van der Waals surface area contributed by atoms with Crippen LogP contribution in [0.2, 0.25) is 0 Å². The van der Waals surface area contributed by atoms with E-state index in [1.807, 2.05) is 12.1 Å². The second-order valence-corrected chi connectivity index (χ2v) is 3.71. The van der Waals surface area contributed by atoms with Crippen LogP contribution in [0.4, 0.5) is 5.69 Å². The highest BCUT2D eigenvalue weighted by molar-refractivity contribution is 5.62. The van der Waals surface area contributed by atoms with E-state index in [1.54, 1.807) is 14.2 Å². The number of nitrogens with one attached hydrogen (secondary N) is 1. The Labute approximate surface area is 89.4 Å². The van der Waals surface area contributed by atoms with Crippen molar-refractivity contribution in [2.75, 3.05) is 26.1 Å². The van der Waals surface area contributed by atoms with Crippen LogP contribution in [0, 0.1) is 0 Å². The monoisotopic (exact) mass is 208 g/mol. The van der Waals surface area contributed by atoms with E-state index in [2.05, 4.69) is 5.32 Å². The van der Waals surface area contributed by atoms with Gasteiger partial charge in [0.15, 0.2) is 11.5 Å². The number of methoxy groups -OCH3 is 2. The van der Waals surface area contributed by atoms with Crippen LogP contribution < -0.4 is 20.5 Å². The van der Waals surface area contributed by atoms with Gasteiger partial charge in [-0.1, -0.05) is 0 Å². The van der Waals surface area contributed by atoms with Crippen LogP contribution in [0.15, 0.2) is 12.1 Å². The minimum atomic E-state index is 0.176. The summed E-state index contributed by atoms with van der Waals surface area (Å²) in [5.74, 6) is 1.51. The van der Waals surface area contributed by atoms with Crippen molar-refractivity contribution in [3.63, 3.8) is 0 Å². The number of hydrogen-bond donors (Lipinski definition) is 2. The highest BCUT2D eigenvalue weighted by atomic mass is 16.5. The molecule has 0 aromatic heterocycles. The molecule has 0 saturated heterocycles. The van der Waals surface area contributed by atoms with E-state index in [0.717, 1.165) is 30.2 Å². The maximum atomic E-state index is 5.88. The molecule has 4 heteroatoms. The largest absolute Gasteiger partial charge is 0.493 e. The standard InChI is InChI=1S/C11H16N2O2/c1-14-10-4-7-3-8(12)6-13-9(7)5-11(10)15-2/h4-5,8,13H,3,6,12H2,1-2H3/t8-/m1/s1. The van der Waals surface area contributed by atoms with Crippen molar-refractivity contribution in [3.05, 3.63) is 17.7 Å². The molecule has 82 valence electrons. The van der Waals surface area contributed by atoms with Crippen molar-refractivity contribution < 1.29 is 9.47 Å². The smallest absolute Gasteiger partial charge is 0.162 e. The van der Waals surface area contributed by atoms with Gasteiger partial charge in [-0.15, -0.1) is 0 Å². The summed E-state index contributed by atoms with van der Waals surface area (Å²) < 4.78 is 10.5. The molecule has 0 amide bonds. The van der Waals surface area contributed by atoms with Gasteiger partial charge in [0.2, 0.25) is 0 Å². The van der Waals surface area contributed by atoms with Gasteiger partial charge < -0.3 is 20.5 Å². The fourth-order valence-corrected chi connectivity index (χ4v) is 1.85. The molecule has 1 aliphatic heterocycles. The van der Waals surface area contributed by atoms with Crippen molar-refractivity contribution >= 4 is 5.69 Å². The lowest BCUT2D eigenvalue weighted by atomic mass is 9.99. The van der Waals surface area contributed by atoms with Gasteiger partial charge in [-0.05, 0) is 18.1 Å². The second-order valence-electron chi connectivity index (χ2n) is 3.71. The number of nitrogens with two attached hydrogens (primary N) is 1. The molecule has 0 fully saturated rings. The van der Waals surface area contributed by atoms with Crippen LogP contribution in [0.5, 0.6) is 11.5 Å². The van der Waals surface area contributed by atoms with Crippen LogP contribution in [-0.4, -0.2) is 26.8 Å². The van der Waals surface area contributed by atoms with E-state index < -0.39 is 0 Å². The Morgan fingerprint density at radius 2 is 1.93 bits per heavy atom. The summed E-state index contributed by atoms with van der Waals surface area (Å²) in [4.78, 5) is 0. The van der Waals surface area contributed by atoms with E-state index in [9.17, 15) is 0 Å². The topological polar surface area (TPSA) is 56.5 Å². The van der Waals surface area contributed by atoms with Gasteiger partial charge in [0, 0.05) is 24.3 Å². The Hall–Kier alpha value is -1.42. The number of ether oxygens (including phenoxy) is 2. The highest BCUT2D eigenvalue weighted by Gasteiger charge is 2.17. The fourth-order valence-electron chi connectivity index (χ4n) is 1.85. The summed E-state index contributed by atoms with van der Waals surface area (Å²) in [5.41, 5.74) is 8.16. The van der Waals surface area contributed by atoms with E-state index in [0.29, 0.717) is 0 Å². The third-order valence-corrected chi connectivity index (χ3v) is 2.65. The van der Waals surface area contributed by atoms with Crippen molar-refractivity contribution in [2.24, 2.45) is 5.73 Å². The molecule has 1 atom stereocenters. The molecule has 4 nitrogen and oxygen atoms in total. The van der Waals surface area contributed by atoms with Crippen molar-refractivity contribution in [3.8, 4) is 11.5 Å². The van der Waals surface area contributed by atoms with Crippen LogP contribution >= 0.6 is 0 Å². The van der Waals surface area contributed by atoms with Crippen molar-refractivity contribution in [2.45, 2.75) is 12.5 Å². The number of fused-ring (bicyclic) bond motifs is 1. The van der Waals surface area contributed by atoms with E-state index in [1.165, 1.54) is 5.56 Å². The molecule has 0 radical (unpaired) electrons. The normalized spacial score (nSPS) is 19.0. The van der Waals surface area contributed by atoms with Gasteiger partial charge in [-0.3, -0.25) is 0 Å². The number of benzene rings is 1. The molecule has 3 N–H and O–H groups in total. The zero-order valence-electron chi connectivity index (χ0n) is 9.04. The summed E-state index contributed by atoms with van der Waals surface area (Å²) >= 11 is 0. The average molecular weight is 208 g/mol. The van der Waals surface area contributed by atoms with Crippen LogP contribution in [0.25, 0.3) is 0 Å². The SMILES string of the molecule is COc1cc2c(cc1OC)NC[C@H](N)C2. The van der Waals surface area contributed by atoms with E-state index in [-0.39, 0.29) is 6.04 Å². The molecule has 15 heavy (non-hydrogen) atoms. The molecule has 1 aliphatic rings. The summed E-state index contributed by atoms with van der Waals surface area (Å²) in [6.45, 7) is 0.808. The molecule has 0 bridgehead atoms. The summed E-state index contributed by atoms with van der Waals surface area (Å²) in [7, 11) is 3.28. The zero-order valence-corrected chi connectivity index (χ0v) is 9.04. The summed E-state index contributed by atoms with van der Waals surface area (Å²) in [5, 5.41) is 3.28. The van der Waals surface area contributed by atoms with Gasteiger partial charge in [-0.2, -0.15) is 0 Å². The summed E-state index contributed by atoms with van der Waals surface area (Å²) in [6.07, 6.45) is 0.878. The molecule has 0 aliphatic carbocycles. The third-order valence-electron chi connectivity index (χ3n) is 2.65. The molecule has 0 spiro atoms. The predicted molar refractivity (Wildman–Crippen MR) is 59.7 cm³/mol. The zero-order chi connectivity index (χ0) is 10.8. The first-order valence-electron chi connectivity index (χ1n) is 4.99. The maximum absolute atomic E-state index is 5.88.